The van der Waals surface area contributed by atoms with E-state index in [2.05, 4.69) is 20.6 Å². The predicted octanol–water partition coefficient (Wildman–Crippen LogP) is 2.85. The molecule has 2 aromatic rings. The van der Waals surface area contributed by atoms with Crippen molar-refractivity contribution in [2.24, 2.45) is 0 Å². The van der Waals surface area contributed by atoms with Crippen LogP contribution in [0.3, 0.4) is 0 Å². The third-order valence-electron chi connectivity index (χ3n) is 3.72. The second-order valence-corrected chi connectivity index (χ2v) is 5.77. The first-order valence-electron chi connectivity index (χ1n) is 7.32. The van der Waals surface area contributed by atoms with Crippen molar-refractivity contribution < 1.29 is 4.79 Å². The van der Waals surface area contributed by atoms with Gasteiger partial charge >= 0.3 is 0 Å². The molecular weight excluding hydrogens is 300 g/mol. The average Bonchev–Trinajstić information content (AvgIpc) is 2.58. The number of carbonyl (C=O) groups excluding carboxylic acids is 1. The first-order chi connectivity index (χ1) is 10.7. The van der Waals surface area contributed by atoms with Crippen molar-refractivity contribution in [1.82, 2.24) is 15.3 Å². The topological polar surface area (TPSA) is 66.9 Å². The van der Waals surface area contributed by atoms with Crippen molar-refractivity contribution in [2.45, 2.75) is 18.8 Å². The molecule has 114 valence electrons. The molecule has 1 atom stereocenters. The summed E-state index contributed by atoms with van der Waals surface area (Å²) in [6.45, 7) is 1.98. The van der Waals surface area contributed by atoms with Gasteiger partial charge in [0.25, 0.3) is 5.91 Å². The van der Waals surface area contributed by atoms with Crippen molar-refractivity contribution in [2.75, 3.05) is 18.4 Å². The number of nitrogens with zero attached hydrogens (tertiary/aromatic N) is 2. The highest BCUT2D eigenvalue weighted by atomic mass is 35.5. The van der Waals surface area contributed by atoms with Crippen molar-refractivity contribution in [1.29, 1.82) is 0 Å². The summed E-state index contributed by atoms with van der Waals surface area (Å²) >= 11 is 5.82. The van der Waals surface area contributed by atoms with Crippen LogP contribution >= 0.6 is 11.6 Å². The minimum Gasteiger partial charge on any atom is -0.321 e. The molecule has 0 radical (unpaired) electrons. The SMILES string of the molecule is O=C(Nc1ccc(Cl)cc1)c1cnc(C2CCCNC2)cn1. The maximum Gasteiger partial charge on any atom is 0.275 e. The molecule has 2 heterocycles. The number of aromatic nitrogens is 2. The fourth-order valence-electron chi connectivity index (χ4n) is 2.50. The molecule has 22 heavy (non-hydrogen) atoms. The Bertz CT molecular complexity index is 636. The van der Waals surface area contributed by atoms with E-state index in [0.29, 0.717) is 22.3 Å². The lowest BCUT2D eigenvalue weighted by Crippen LogP contribution is -2.29. The number of amides is 1. The molecule has 1 aromatic heterocycles. The molecule has 1 aliphatic heterocycles. The minimum atomic E-state index is -0.275. The van der Waals surface area contributed by atoms with Gasteiger partial charge in [-0.3, -0.25) is 9.78 Å². The Morgan fingerprint density at radius 2 is 2.05 bits per heavy atom. The van der Waals surface area contributed by atoms with Crippen LogP contribution in [0.5, 0.6) is 0 Å². The first-order valence-corrected chi connectivity index (χ1v) is 7.70. The smallest absolute Gasteiger partial charge is 0.275 e. The zero-order chi connectivity index (χ0) is 15.4. The number of hydrogen-bond acceptors (Lipinski definition) is 4. The molecule has 3 rings (SSSR count). The van der Waals surface area contributed by atoms with Crippen LogP contribution < -0.4 is 10.6 Å². The maximum atomic E-state index is 12.1. The monoisotopic (exact) mass is 316 g/mol. The van der Waals surface area contributed by atoms with Crippen LogP contribution in [0.15, 0.2) is 36.7 Å². The average molecular weight is 317 g/mol. The molecule has 1 aromatic carbocycles. The van der Waals surface area contributed by atoms with Gasteiger partial charge < -0.3 is 10.6 Å². The molecular formula is C16H17ClN4O. The van der Waals surface area contributed by atoms with Gasteiger partial charge in [0.2, 0.25) is 0 Å². The summed E-state index contributed by atoms with van der Waals surface area (Å²) in [5.74, 6) is 0.109. The van der Waals surface area contributed by atoms with Crippen molar-refractivity contribution in [3.05, 3.63) is 53.1 Å². The number of carbonyl (C=O) groups is 1. The lowest BCUT2D eigenvalue weighted by molar-refractivity contribution is 0.102. The lowest BCUT2D eigenvalue weighted by Gasteiger charge is -2.21. The van der Waals surface area contributed by atoms with E-state index in [1.165, 1.54) is 6.20 Å². The van der Waals surface area contributed by atoms with E-state index in [1.807, 2.05) is 0 Å². The van der Waals surface area contributed by atoms with Gasteiger partial charge in [0.15, 0.2) is 0 Å². The highest BCUT2D eigenvalue weighted by Gasteiger charge is 2.17. The Balaban J connectivity index is 1.66. The summed E-state index contributed by atoms with van der Waals surface area (Å²) in [6.07, 6.45) is 5.49. The van der Waals surface area contributed by atoms with Crippen LogP contribution in [0.4, 0.5) is 5.69 Å². The zero-order valence-electron chi connectivity index (χ0n) is 12.1. The third-order valence-corrected chi connectivity index (χ3v) is 3.97. The quantitative estimate of drug-likeness (QED) is 0.913. The molecule has 1 amide bonds. The van der Waals surface area contributed by atoms with Crippen molar-refractivity contribution >= 4 is 23.2 Å². The summed E-state index contributed by atoms with van der Waals surface area (Å²) in [7, 11) is 0. The van der Waals surface area contributed by atoms with Crippen LogP contribution in [0, 0.1) is 0 Å². The number of nitrogens with one attached hydrogen (secondary N) is 2. The molecule has 1 unspecified atom stereocenters. The summed E-state index contributed by atoms with van der Waals surface area (Å²) in [5.41, 5.74) is 1.93. The fourth-order valence-corrected chi connectivity index (χ4v) is 2.62. The number of hydrogen-bond donors (Lipinski definition) is 2. The van der Waals surface area contributed by atoms with Gasteiger partial charge in [-0.2, -0.15) is 0 Å². The van der Waals surface area contributed by atoms with E-state index in [1.54, 1.807) is 30.5 Å². The Labute approximate surface area is 134 Å². The summed E-state index contributed by atoms with van der Waals surface area (Å²) < 4.78 is 0. The number of rotatable bonds is 3. The van der Waals surface area contributed by atoms with Gasteiger partial charge in [-0.05, 0) is 43.7 Å². The number of anilines is 1. The highest BCUT2D eigenvalue weighted by Crippen LogP contribution is 2.20. The summed E-state index contributed by atoms with van der Waals surface area (Å²) in [6, 6.07) is 6.94. The van der Waals surface area contributed by atoms with Crippen LogP contribution in [0.1, 0.15) is 34.9 Å². The van der Waals surface area contributed by atoms with Gasteiger partial charge in [-0.1, -0.05) is 11.6 Å². The Morgan fingerprint density at radius 1 is 1.23 bits per heavy atom. The second kappa shape index (κ2) is 6.85. The molecule has 1 aliphatic rings. The van der Waals surface area contributed by atoms with Crippen LogP contribution in [0.2, 0.25) is 5.02 Å². The fraction of sp³-hybridized carbons (Fsp3) is 0.312. The largest absolute Gasteiger partial charge is 0.321 e. The predicted molar refractivity (Wildman–Crippen MR) is 86.3 cm³/mol. The zero-order valence-corrected chi connectivity index (χ0v) is 12.8. The Hall–Kier alpha value is -1.98. The van der Waals surface area contributed by atoms with Crippen LogP contribution in [-0.2, 0) is 0 Å². The lowest BCUT2D eigenvalue weighted by atomic mass is 9.96. The van der Waals surface area contributed by atoms with E-state index in [4.69, 9.17) is 11.6 Å². The van der Waals surface area contributed by atoms with Crippen molar-refractivity contribution in [3.8, 4) is 0 Å². The first kappa shape index (κ1) is 14.9. The maximum absolute atomic E-state index is 12.1. The van der Waals surface area contributed by atoms with E-state index < -0.39 is 0 Å². The van der Waals surface area contributed by atoms with Gasteiger partial charge in [0.1, 0.15) is 5.69 Å². The Kier molecular flexibility index (Phi) is 4.65. The van der Waals surface area contributed by atoms with Gasteiger partial charge in [0, 0.05) is 29.4 Å². The van der Waals surface area contributed by atoms with Crippen molar-refractivity contribution in [3.63, 3.8) is 0 Å². The molecule has 2 N–H and O–H groups in total. The second-order valence-electron chi connectivity index (χ2n) is 5.33. The molecule has 1 fully saturated rings. The van der Waals surface area contributed by atoms with E-state index in [0.717, 1.165) is 31.6 Å². The molecule has 6 heteroatoms. The number of benzene rings is 1. The Morgan fingerprint density at radius 3 is 2.68 bits per heavy atom. The molecule has 0 spiro atoms. The van der Waals surface area contributed by atoms with E-state index >= 15 is 0 Å². The highest BCUT2D eigenvalue weighted by molar-refractivity contribution is 6.30. The standard InChI is InChI=1S/C16H17ClN4O/c17-12-3-5-13(6-4-12)21-16(22)15-10-19-14(9-20-15)11-2-1-7-18-8-11/h3-6,9-11,18H,1-2,7-8H2,(H,21,22). The normalized spacial score (nSPS) is 18.0. The number of halogens is 1. The van der Waals surface area contributed by atoms with Gasteiger partial charge in [-0.15, -0.1) is 0 Å². The minimum absolute atomic E-state index is 0.275. The molecule has 0 saturated carbocycles. The molecule has 1 saturated heterocycles. The number of piperidine rings is 1. The summed E-state index contributed by atoms with van der Waals surface area (Å²) in [5, 5.41) is 6.75. The van der Waals surface area contributed by atoms with Crippen LogP contribution in [-0.4, -0.2) is 29.0 Å². The van der Waals surface area contributed by atoms with Gasteiger partial charge in [0.05, 0.1) is 11.9 Å². The van der Waals surface area contributed by atoms with E-state index in [9.17, 15) is 4.79 Å². The molecule has 5 nitrogen and oxygen atoms in total. The van der Waals surface area contributed by atoms with E-state index in [-0.39, 0.29) is 5.91 Å². The third kappa shape index (κ3) is 3.61. The van der Waals surface area contributed by atoms with Gasteiger partial charge in [-0.25, -0.2) is 4.98 Å². The summed E-state index contributed by atoms with van der Waals surface area (Å²) in [4.78, 5) is 20.8. The van der Waals surface area contributed by atoms with Crippen LogP contribution in [0.25, 0.3) is 0 Å². The molecule has 0 aliphatic carbocycles. The molecule has 0 bridgehead atoms.